The third-order valence-corrected chi connectivity index (χ3v) is 3.50. The molecule has 0 radical (unpaired) electrons. The molecule has 0 aliphatic heterocycles. The van der Waals surface area contributed by atoms with Gasteiger partial charge in [0.05, 0.1) is 11.5 Å². The second-order valence-corrected chi connectivity index (χ2v) is 4.96. The van der Waals surface area contributed by atoms with Crippen LogP contribution >= 0.6 is 25.3 Å². The van der Waals surface area contributed by atoms with Crippen LogP contribution in [0.5, 0.6) is 0 Å². The number of nitrogens with two attached hydrogens (primary N) is 1. The number of thiol groups is 2. The van der Waals surface area contributed by atoms with Crippen molar-refractivity contribution in [3.8, 4) is 0 Å². The first kappa shape index (κ1) is 14.7. The second-order valence-electron chi connectivity index (χ2n) is 4.33. The van der Waals surface area contributed by atoms with E-state index < -0.39 is 5.66 Å². The Morgan fingerprint density at radius 2 is 1.53 bits per heavy atom. The van der Waals surface area contributed by atoms with Gasteiger partial charge in [0.25, 0.3) is 0 Å². The monoisotopic (exact) mass is 277 g/mol. The topological polar surface area (TPSA) is 84.2 Å². The van der Waals surface area contributed by atoms with E-state index in [0.29, 0.717) is 12.8 Å². The van der Waals surface area contributed by atoms with Crippen LogP contribution in [0.25, 0.3) is 0 Å². The first-order valence-electron chi connectivity index (χ1n) is 5.60. The first-order chi connectivity index (χ1) is 8.01. The zero-order valence-electron chi connectivity index (χ0n) is 9.61. The van der Waals surface area contributed by atoms with E-state index in [9.17, 15) is 9.59 Å². The molecule has 0 aromatic carbocycles. The molecule has 0 heterocycles. The third-order valence-electron chi connectivity index (χ3n) is 2.93. The van der Waals surface area contributed by atoms with Gasteiger partial charge < -0.3 is 16.4 Å². The zero-order valence-corrected chi connectivity index (χ0v) is 11.4. The molecule has 0 spiro atoms. The lowest BCUT2D eigenvalue weighted by Gasteiger charge is -2.40. The van der Waals surface area contributed by atoms with Crippen LogP contribution in [0, 0.1) is 0 Å². The lowest BCUT2D eigenvalue weighted by molar-refractivity contribution is -0.125. The number of carbonyl (C=O) groups excluding carboxylic acids is 2. The molecular formula is C10H19N3O2S2. The van der Waals surface area contributed by atoms with E-state index in [4.69, 9.17) is 5.73 Å². The molecular weight excluding hydrogens is 258 g/mol. The Labute approximate surface area is 112 Å². The Balaban J connectivity index is 2.70. The molecule has 0 saturated heterocycles. The van der Waals surface area contributed by atoms with Crippen molar-refractivity contribution in [3.63, 3.8) is 0 Å². The van der Waals surface area contributed by atoms with Crippen LogP contribution in [0.1, 0.15) is 25.7 Å². The molecule has 2 amide bonds. The van der Waals surface area contributed by atoms with Gasteiger partial charge in [-0.1, -0.05) is 0 Å². The number of hydrogen-bond donors (Lipinski definition) is 5. The van der Waals surface area contributed by atoms with Gasteiger partial charge in [-0.15, -0.1) is 0 Å². The molecule has 0 aromatic rings. The van der Waals surface area contributed by atoms with Gasteiger partial charge in [0, 0.05) is 6.04 Å². The number of rotatable bonds is 4. The second kappa shape index (κ2) is 6.51. The van der Waals surface area contributed by atoms with E-state index in [1.54, 1.807) is 0 Å². The molecule has 7 heteroatoms. The summed E-state index contributed by atoms with van der Waals surface area (Å²) in [5.41, 5.74) is 5.16. The van der Waals surface area contributed by atoms with Gasteiger partial charge in [-0.2, -0.15) is 25.3 Å². The molecule has 1 aliphatic carbocycles. The molecule has 1 fully saturated rings. The van der Waals surface area contributed by atoms with E-state index in [1.807, 2.05) is 0 Å². The highest BCUT2D eigenvalue weighted by atomic mass is 32.1. The van der Waals surface area contributed by atoms with Crippen molar-refractivity contribution in [2.75, 3.05) is 11.5 Å². The van der Waals surface area contributed by atoms with E-state index in [-0.39, 0.29) is 29.4 Å². The minimum Gasteiger partial charge on any atom is -0.333 e. The summed E-state index contributed by atoms with van der Waals surface area (Å²) in [5.74, 6) is -0.179. The third kappa shape index (κ3) is 4.40. The van der Waals surface area contributed by atoms with Crippen LogP contribution in [0.3, 0.4) is 0 Å². The van der Waals surface area contributed by atoms with Crippen LogP contribution in [0.4, 0.5) is 0 Å². The van der Waals surface area contributed by atoms with Gasteiger partial charge in [-0.05, 0) is 25.7 Å². The standard InChI is InChI=1S/C10H19N3O2S2/c11-7-1-3-10(4-2-7,12-8(14)5-16)13-9(15)6-17/h7,16-17H,1-6,11H2,(H,12,14)(H,13,15). The van der Waals surface area contributed by atoms with E-state index in [2.05, 4.69) is 35.9 Å². The van der Waals surface area contributed by atoms with Crippen molar-refractivity contribution in [2.45, 2.75) is 37.4 Å². The van der Waals surface area contributed by atoms with Crippen LogP contribution in [0.15, 0.2) is 0 Å². The fourth-order valence-electron chi connectivity index (χ4n) is 2.03. The predicted molar refractivity (Wildman–Crippen MR) is 73.2 cm³/mol. The molecule has 5 nitrogen and oxygen atoms in total. The Hall–Kier alpha value is -0.400. The maximum Gasteiger partial charge on any atom is 0.231 e. The van der Waals surface area contributed by atoms with E-state index in [1.165, 1.54) is 0 Å². The largest absolute Gasteiger partial charge is 0.333 e. The zero-order chi connectivity index (χ0) is 12.9. The maximum absolute atomic E-state index is 11.4. The Bertz CT molecular complexity index is 271. The Kier molecular flexibility index (Phi) is 5.61. The number of nitrogens with one attached hydrogen (secondary N) is 2. The van der Waals surface area contributed by atoms with Crippen molar-refractivity contribution in [1.82, 2.24) is 10.6 Å². The molecule has 1 aliphatic rings. The highest BCUT2D eigenvalue weighted by Crippen LogP contribution is 2.25. The fourth-order valence-corrected chi connectivity index (χ4v) is 2.19. The smallest absolute Gasteiger partial charge is 0.231 e. The summed E-state index contributed by atoms with van der Waals surface area (Å²) < 4.78 is 0. The number of carbonyl (C=O) groups is 2. The van der Waals surface area contributed by atoms with Gasteiger partial charge in [0.2, 0.25) is 11.8 Å². The molecule has 0 bridgehead atoms. The summed E-state index contributed by atoms with van der Waals surface area (Å²) in [5, 5.41) is 5.66. The van der Waals surface area contributed by atoms with Gasteiger partial charge >= 0.3 is 0 Å². The van der Waals surface area contributed by atoms with Crippen molar-refractivity contribution in [2.24, 2.45) is 5.73 Å². The Morgan fingerprint density at radius 1 is 1.12 bits per heavy atom. The van der Waals surface area contributed by atoms with E-state index in [0.717, 1.165) is 12.8 Å². The number of hydrogen-bond acceptors (Lipinski definition) is 5. The summed E-state index contributed by atoms with van der Waals surface area (Å²) in [7, 11) is 0. The molecule has 17 heavy (non-hydrogen) atoms. The quantitative estimate of drug-likeness (QED) is 0.361. The average molecular weight is 277 g/mol. The van der Waals surface area contributed by atoms with Crippen LogP contribution < -0.4 is 16.4 Å². The predicted octanol–water partition coefficient (Wildman–Crippen LogP) is -0.324. The van der Waals surface area contributed by atoms with Crippen LogP contribution in [0.2, 0.25) is 0 Å². The summed E-state index contributed by atoms with van der Waals surface area (Å²) in [6.07, 6.45) is 2.85. The van der Waals surface area contributed by atoms with Crippen LogP contribution in [-0.4, -0.2) is 35.0 Å². The summed E-state index contributed by atoms with van der Waals surface area (Å²) >= 11 is 7.84. The maximum atomic E-state index is 11.4. The van der Waals surface area contributed by atoms with E-state index >= 15 is 0 Å². The van der Waals surface area contributed by atoms with Crippen molar-refractivity contribution < 1.29 is 9.59 Å². The minimum atomic E-state index is -0.671. The lowest BCUT2D eigenvalue weighted by Crippen LogP contribution is -2.63. The van der Waals surface area contributed by atoms with Crippen molar-refractivity contribution >= 4 is 37.1 Å². The first-order valence-corrected chi connectivity index (χ1v) is 6.87. The van der Waals surface area contributed by atoms with Crippen molar-refractivity contribution in [1.29, 1.82) is 0 Å². The lowest BCUT2D eigenvalue weighted by atomic mass is 9.86. The van der Waals surface area contributed by atoms with Crippen molar-refractivity contribution in [3.05, 3.63) is 0 Å². The summed E-state index contributed by atoms with van der Waals surface area (Å²) in [6.45, 7) is 0. The highest BCUT2D eigenvalue weighted by Gasteiger charge is 2.36. The Morgan fingerprint density at radius 3 is 1.88 bits per heavy atom. The summed E-state index contributed by atoms with van der Waals surface area (Å²) in [4.78, 5) is 22.9. The van der Waals surface area contributed by atoms with Gasteiger partial charge in [0.15, 0.2) is 0 Å². The average Bonchev–Trinajstić information content (AvgIpc) is 2.32. The minimum absolute atomic E-state index is 0.102. The molecule has 4 N–H and O–H groups in total. The normalized spacial score (nSPS) is 19.7. The SMILES string of the molecule is NC1CCC(NC(=O)CS)(NC(=O)CS)CC1. The fraction of sp³-hybridized carbons (Fsp3) is 0.800. The molecule has 0 atom stereocenters. The van der Waals surface area contributed by atoms with Gasteiger partial charge in [-0.25, -0.2) is 0 Å². The molecule has 1 rings (SSSR count). The summed E-state index contributed by atoms with van der Waals surface area (Å²) in [6, 6.07) is 0.143. The molecule has 98 valence electrons. The number of amides is 2. The molecule has 0 aromatic heterocycles. The molecule has 0 unspecified atom stereocenters. The molecule has 1 saturated carbocycles. The highest BCUT2D eigenvalue weighted by molar-refractivity contribution is 7.81. The van der Waals surface area contributed by atoms with Gasteiger partial charge in [-0.3, -0.25) is 9.59 Å². The van der Waals surface area contributed by atoms with Gasteiger partial charge in [0.1, 0.15) is 5.66 Å². The van der Waals surface area contributed by atoms with Crippen LogP contribution in [-0.2, 0) is 9.59 Å².